The van der Waals surface area contributed by atoms with Gasteiger partial charge in [0.1, 0.15) is 0 Å². The standard InChI is InChI=1S/C54H72N2O5S2/c1-51(2)27-33(56-22-21-55-30-56)29-62-63-46(18-17-31-11-6-5-7-12-31)42-24-39(37-23-32-13-10-16-35-34-14-8-9-15-36(34)49(51)48(47(32)35)50(37)60)53(4)20-19-38-40(54(42,53)61)25-43(57)41-26-44(58)45(59)28-52(38,41)3/h5-7,11-12,21-22,25,30,32-34,37-39,41-42,44-46,48,50,58-61H,8-10,13-20,23-24,26-29H2,1-4H3/t32-,33+,34-,37-,38-,39+,41-,42-,44+,45-,46+,48+,50-,52+,53+,54-/m0/s1. The molecule has 2 heterocycles. The number of carbonyl (C=O) groups excluding carboxylic acids is 1. The highest BCUT2D eigenvalue weighted by molar-refractivity contribution is 8.76. The van der Waals surface area contributed by atoms with Crippen molar-refractivity contribution in [2.75, 3.05) is 5.75 Å². The summed E-state index contributed by atoms with van der Waals surface area (Å²) in [7, 11) is 3.94. The lowest BCUT2D eigenvalue weighted by Crippen LogP contribution is -2.63. The number of aliphatic hydroxyl groups excluding tert-OH is 3. The molecule has 11 rings (SSSR count). The highest BCUT2D eigenvalue weighted by Crippen LogP contribution is 2.73. The number of allylic oxidation sites excluding steroid dienone is 3. The minimum atomic E-state index is -1.26. The molecule has 1 aliphatic heterocycles. The monoisotopic (exact) mass is 892 g/mol. The van der Waals surface area contributed by atoms with Gasteiger partial charge in [-0.2, -0.15) is 0 Å². The number of benzene rings is 1. The summed E-state index contributed by atoms with van der Waals surface area (Å²) in [6.45, 7) is 9.56. The first-order valence-corrected chi connectivity index (χ1v) is 27.4. The molecule has 0 spiro atoms. The second-order valence-corrected chi connectivity index (χ2v) is 25.9. The summed E-state index contributed by atoms with van der Waals surface area (Å²) >= 11 is 0. The zero-order chi connectivity index (χ0) is 43.6. The average Bonchev–Trinajstić information content (AvgIpc) is 3.89. The molecule has 16 atom stereocenters. The summed E-state index contributed by atoms with van der Waals surface area (Å²) < 4.78 is 2.34. The molecule has 63 heavy (non-hydrogen) atoms. The van der Waals surface area contributed by atoms with Crippen LogP contribution in [0.4, 0.5) is 0 Å². The van der Waals surface area contributed by atoms with Gasteiger partial charge in [0.15, 0.2) is 5.78 Å². The third-order valence-electron chi connectivity index (χ3n) is 19.9. The van der Waals surface area contributed by atoms with E-state index in [0.717, 1.165) is 62.7 Å². The normalized spacial score (nSPS) is 45.6. The topological polar surface area (TPSA) is 116 Å². The Morgan fingerprint density at radius 1 is 0.873 bits per heavy atom. The molecule has 5 saturated carbocycles. The van der Waals surface area contributed by atoms with Gasteiger partial charge >= 0.3 is 0 Å². The molecular formula is C54H72N2O5S2. The maximum Gasteiger partial charge on any atom is 0.159 e. The van der Waals surface area contributed by atoms with Crippen molar-refractivity contribution in [2.24, 2.45) is 63.6 Å². The Morgan fingerprint density at radius 2 is 1.68 bits per heavy atom. The third-order valence-corrected chi connectivity index (χ3v) is 22.9. The van der Waals surface area contributed by atoms with Crippen molar-refractivity contribution in [1.29, 1.82) is 0 Å². The summed E-state index contributed by atoms with van der Waals surface area (Å²) in [5.74, 6) is 1.47. The predicted molar refractivity (Wildman–Crippen MR) is 253 cm³/mol. The minimum Gasteiger partial charge on any atom is -0.392 e. The molecule has 7 nitrogen and oxygen atoms in total. The maximum absolute atomic E-state index is 14.6. The first kappa shape index (κ1) is 43.4. The summed E-state index contributed by atoms with van der Waals surface area (Å²) in [4.78, 5) is 19.2. The van der Waals surface area contributed by atoms with Crippen LogP contribution in [0.15, 0.2) is 83.0 Å². The maximum atomic E-state index is 14.6. The van der Waals surface area contributed by atoms with E-state index in [1.165, 1.54) is 44.1 Å². The molecular weight excluding hydrogens is 821 g/mol. The number of carbonyl (C=O) groups is 1. The fourth-order valence-corrected chi connectivity index (χ4v) is 20.4. The summed E-state index contributed by atoms with van der Waals surface area (Å²) in [6.07, 6.45) is 21.0. The van der Waals surface area contributed by atoms with Crippen molar-refractivity contribution in [1.82, 2.24) is 9.55 Å². The first-order chi connectivity index (χ1) is 30.2. The number of nitrogens with zero attached hydrogens (tertiary/aromatic N) is 2. The number of aromatic nitrogens is 2. The number of fused-ring (bicyclic) bond motifs is 13. The van der Waals surface area contributed by atoms with Crippen molar-refractivity contribution < 1.29 is 25.2 Å². The molecule has 1 saturated heterocycles. The van der Waals surface area contributed by atoms with Gasteiger partial charge in [0.25, 0.3) is 0 Å². The molecule has 9 heteroatoms. The minimum absolute atomic E-state index is 0.0106. The van der Waals surface area contributed by atoms with Gasteiger partial charge in [0, 0.05) is 58.5 Å². The van der Waals surface area contributed by atoms with Gasteiger partial charge in [0.2, 0.25) is 0 Å². The molecule has 4 bridgehead atoms. The van der Waals surface area contributed by atoms with Gasteiger partial charge < -0.3 is 25.0 Å². The molecule has 9 aliphatic rings. The number of ketones is 1. The van der Waals surface area contributed by atoms with E-state index in [2.05, 4.69) is 73.8 Å². The lowest BCUT2D eigenvalue weighted by Gasteiger charge is -2.62. The number of hydrogen-bond donors (Lipinski definition) is 4. The Labute approximate surface area is 383 Å². The molecule has 0 amide bonds. The van der Waals surface area contributed by atoms with Crippen LogP contribution in [0.3, 0.4) is 0 Å². The van der Waals surface area contributed by atoms with Crippen molar-refractivity contribution in [3.05, 3.63) is 88.6 Å². The van der Waals surface area contributed by atoms with E-state index in [4.69, 9.17) is 0 Å². The van der Waals surface area contributed by atoms with Gasteiger partial charge in [-0.05, 0) is 148 Å². The van der Waals surface area contributed by atoms with Crippen molar-refractivity contribution >= 4 is 27.4 Å². The van der Waals surface area contributed by atoms with Crippen LogP contribution < -0.4 is 0 Å². The Hall–Kier alpha value is -2.14. The van der Waals surface area contributed by atoms with E-state index < -0.39 is 34.7 Å². The molecule has 8 aliphatic carbocycles. The van der Waals surface area contributed by atoms with Crippen LogP contribution in [0.1, 0.15) is 136 Å². The smallest absolute Gasteiger partial charge is 0.159 e. The number of aryl methyl sites for hydroxylation is 1. The van der Waals surface area contributed by atoms with E-state index in [9.17, 15) is 25.2 Å². The van der Waals surface area contributed by atoms with Crippen LogP contribution in [0.5, 0.6) is 0 Å². The summed E-state index contributed by atoms with van der Waals surface area (Å²) in [5, 5.41) is 50.4. The number of hydrogen-bond acceptors (Lipinski definition) is 8. The highest BCUT2D eigenvalue weighted by Gasteiger charge is 2.72. The van der Waals surface area contributed by atoms with Gasteiger partial charge in [-0.25, -0.2) is 4.98 Å². The average molecular weight is 893 g/mol. The summed E-state index contributed by atoms with van der Waals surface area (Å²) in [5.41, 5.74) is 6.24. The lowest BCUT2D eigenvalue weighted by molar-refractivity contribution is -0.161. The zero-order valence-electron chi connectivity index (χ0n) is 38.1. The molecule has 2 aromatic rings. The van der Waals surface area contributed by atoms with Crippen molar-refractivity contribution in [2.45, 2.75) is 166 Å². The summed E-state index contributed by atoms with van der Waals surface area (Å²) in [6, 6.07) is 11.0. The van der Waals surface area contributed by atoms with Gasteiger partial charge in [-0.15, -0.1) is 0 Å². The Kier molecular flexibility index (Phi) is 11.0. The Bertz CT molecular complexity index is 2180. The lowest BCUT2D eigenvalue weighted by atomic mass is 9.44. The van der Waals surface area contributed by atoms with Crippen molar-refractivity contribution in [3.8, 4) is 0 Å². The zero-order valence-corrected chi connectivity index (χ0v) is 39.8. The van der Waals surface area contributed by atoms with Crippen LogP contribution in [0, 0.1) is 63.6 Å². The largest absolute Gasteiger partial charge is 0.392 e. The van der Waals surface area contributed by atoms with Crippen LogP contribution >= 0.6 is 21.6 Å². The highest BCUT2D eigenvalue weighted by atomic mass is 33.1. The Balaban J connectivity index is 1.09. The molecule has 1 aromatic heterocycles. The van der Waals surface area contributed by atoms with Crippen LogP contribution in [0.25, 0.3) is 0 Å². The van der Waals surface area contributed by atoms with Crippen LogP contribution in [-0.2, 0) is 11.2 Å². The number of imidazole rings is 1. The fourth-order valence-electron chi connectivity index (χ4n) is 17.1. The molecule has 0 unspecified atom stereocenters. The van der Waals surface area contributed by atoms with E-state index >= 15 is 0 Å². The molecule has 1 aromatic carbocycles. The van der Waals surface area contributed by atoms with Crippen molar-refractivity contribution in [3.63, 3.8) is 0 Å². The van der Waals surface area contributed by atoms with E-state index in [1.54, 1.807) is 22.3 Å². The SMILES string of the molecule is CC1(C)C[C@@H](n2ccnc2)CSS[C@H](CCc2ccccc2)[C@@H]2C[C@H]([C@@H]3C[C@@H]4CCCC5=C4[C@H](C1=C1CCCC[C@@H]51)[C@H]3O)[C@@]1(C)CC[C@H]3C(=CC(=O)[C@@H]4C[C@@H](O)[C@@H](O)C[C@@]43C)[C@]21O. The van der Waals surface area contributed by atoms with Gasteiger partial charge in [-0.1, -0.05) is 108 Å². The third kappa shape index (κ3) is 6.63. The van der Waals surface area contributed by atoms with E-state index in [1.807, 2.05) is 40.2 Å². The van der Waals surface area contributed by atoms with Crippen LogP contribution in [0.2, 0.25) is 0 Å². The molecule has 0 radical (unpaired) electrons. The second-order valence-electron chi connectivity index (χ2n) is 23.2. The first-order valence-electron chi connectivity index (χ1n) is 25.0. The van der Waals surface area contributed by atoms with Gasteiger partial charge in [-0.3, -0.25) is 4.79 Å². The number of aliphatic hydroxyl groups is 4. The predicted octanol–water partition coefficient (Wildman–Crippen LogP) is 10.3. The second kappa shape index (κ2) is 16.0. The molecule has 4 N–H and O–H groups in total. The quantitative estimate of drug-likeness (QED) is 0.177. The number of rotatable bonds is 4. The molecule has 6 fully saturated rings. The van der Waals surface area contributed by atoms with E-state index in [-0.39, 0.29) is 64.4 Å². The molecule has 340 valence electrons. The van der Waals surface area contributed by atoms with Crippen LogP contribution in [-0.4, -0.2) is 70.7 Å². The van der Waals surface area contributed by atoms with Gasteiger partial charge in [0.05, 0.1) is 30.2 Å². The Morgan fingerprint density at radius 3 is 2.48 bits per heavy atom. The van der Waals surface area contributed by atoms with E-state index in [0.29, 0.717) is 18.3 Å². The fraction of sp³-hybridized carbons (Fsp3) is 0.704.